The molecule has 3 rings (SSSR count). The Balaban J connectivity index is 1.68. The van der Waals surface area contributed by atoms with Crippen LogP contribution in [0.1, 0.15) is 21.5 Å². The maximum atomic E-state index is 12.3. The Morgan fingerprint density at radius 1 is 1.07 bits per heavy atom. The van der Waals surface area contributed by atoms with Gasteiger partial charge in [-0.15, -0.1) is 0 Å². The van der Waals surface area contributed by atoms with Gasteiger partial charge in [-0.05, 0) is 45.8 Å². The summed E-state index contributed by atoms with van der Waals surface area (Å²) < 4.78 is 6.93. The molecule has 5 nitrogen and oxygen atoms in total. The molecule has 28 heavy (non-hydrogen) atoms. The van der Waals surface area contributed by atoms with Crippen LogP contribution in [-0.2, 0) is 6.61 Å². The normalized spacial score (nSPS) is 10.8. The number of phenolic OH excluding ortho intramolecular Hbond substituents is 1. The maximum Gasteiger partial charge on any atom is 0.275 e. The second-order valence-corrected chi connectivity index (χ2v) is 7.57. The molecule has 2 N–H and O–H groups in total. The predicted molar refractivity (Wildman–Crippen MR) is 116 cm³/mol. The van der Waals surface area contributed by atoms with E-state index in [1.807, 2.05) is 54.6 Å². The van der Waals surface area contributed by atoms with Gasteiger partial charge in [0.1, 0.15) is 18.1 Å². The quantitative estimate of drug-likeness (QED) is 0.356. The number of hydrogen-bond acceptors (Lipinski definition) is 4. The number of nitrogens with zero attached hydrogens (tertiary/aromatic N) is 1. The molecule has 0 aromatic heterocycles. The molecule has 0 fully saturated rings. The van der Waals surface area contributed by atoms with Gasteiger partial charge in [-0.3, -0.25) is 4.79 Å². The molecule has 0 saturated heterocycles. The molecule has 7 heteroatoms. The van der Waals surface area contributed by atoms with Gasteiger partial charge >= 0.3 is 0 Å². The van der Waals surface area contributed by atoms with E-state index in [0.717, 1.165) is 11.1 Å². The van der Waals surface area contributed by atoms with Crippen LogP contribution in [0.5, 0.6) is 11.5 Å². The van der Waals surface area contributed by atoms with E-state index in [-0.39, 0.29) is 11.3 Å². The summed E-state index contributed by atoms with van der Waals surface area (Å²) in [5.41, 5.74) is 4.30. The first-order valence-electron chi connectivity index (χ1n) is 8.32. The SMILES string of the molecule is O=C(N/N=C\c1ccccc1OCc1ccccc1)c1cc(Br)cc(Br)c1O. The third-order valence-electron chi connectivity index (χ3n) is 3.80. The average Bonchev–Trinajstić information content (AvgIpc) is 2.70. The van der Waals surface area contributed by atoms with Gasteiger partial charge in [-0.25, -0.2) is 5.43 Å². The molecular formula is C21H16Br2N2O3. The standard InChI is InChI=1S/C21H16Br2N2O3/c22-16-10-17(20(26)18(23)11-16)21(27)25-24-12-15-8-4-5-9-19(15)28-13-14-6-2-1-3-7-14/h1-12,26H,13H2,(H,25,27)/b24-12-. The van der Waals surface area contributed by atoms with E-state index in [0.29, 0.717) is 21.3 Å². The van der Waals surface area contributed by atoms with Crippen molar-refractivity contribution in [3.05, 3.63) is 92.4 Å². The van der Waals surface area contributed by atoms with Crippen molar-refractivity contribution >= 4 is 44.0 Å². The highest BCUT2D eigenvalue weighted by atomic mass is 79.9. The number of benzene rings is 3. The summed E-state index contributed by atoms with van der Waals surface area (Å²) in [5.74, 6) is -0.0293. The molecular weight excluding hydrogens is 488 g/mol. The lowest BCUT2D eigenvalue weighted by atomic mass is 10.2. The van der Waals surface area contributed by atoms with Crippen LogP contribution in [0.3, 0.4) is 0 Å². The van der Waals surface area contributed by atoms with E-state index in [9.17, 15) is 9.90 Å². The summed E-state index contributed by atoms with van der Waals surface area (Å²) in [6.07, 6.45) is 1.50. The second-order valence-electron chi connectivity index (χ2n) is 5.80. The molecule has 0 heterocycles. The molecule has 0 unspecified atom stereocenters. The third kappa shape index (κ3) is 5.21. The molecule has 0 saturated carbocycles. The van der Waals surface area contributed by atoms with Crippen molar-refractivity contribution in [1.29, 1.82) is 0 Å². The van der Waals surface area contributed by atoms with Crippen LogP contribution in [0.25, 0.3) is 0 Å². The highest BCUT2D eigenvalue weighted by Gasteiger charge is 2.14. The number of carbonyl (C=O) groups is 1. The first-order chi connectivity index (χ1) is 13.5. The molecule has 0 spiro atoms. The Morgan fingerprint density at radius 2 is 1.79 bits per heavy atom. The van der Waals surface area contributed by atoms with Gasteiger partial charge in [0, 0.05) is 10.0 Å². The minimum Gasteiger partial charge on any atom is -0.506 e. The Morgan fingerprint density at radius 3 is 2.57 bits per heavy atom. The van der Waals surface area contributed by atoms with Crippen molar-refractivity contribution in [2.24, 2.45) is 5.10 Å². The number of aromatic hydroxyl groups is 1. The first-order valence-corrected chi connectivity index (χ1v) is 9.90. The molecule has 0 aliphatic carbocycles. The number of amides is 1. The van der Waals surface area contributed by atoms with E-state index >= 15 is 0 Å². The fraction of sp³-hybridized carbons (Fsp3) is 0.0476. The number of nitrogens with one attached hydrogen (secondary N) is 1. The van der Waals surface area contributed by atoms with Gasteiger partial charge in [0.05, 0.1) is 16.3 Å². The lowest BCUT2D eigenvalue weighted by Crippen LogP contribution is -2.18. The predicted octanol–water partition coefficient (Wildman–Crippen LogP) is 5.26. The van der Waals surface area contributed by atoms with Crippen LogP contribution < -0.4 is 10.2 Å². The minimum atomic E-state index is -0.529. The van der Waals surface area contributed by atoms with E-state index in [1.165, 1.54) is 12.3 Å². The van der Waals surface area contributed by atoms with Crippen molar-refractivity contribution in [2.45, 2.75) is 6.61 Å². The second kappa shape index (κ2) is 9.52. The third-order valence-corrected chi connectivity index (χ3v) is 4.86. The lowest BCUT2D eigenvalue weighted by Gasteiger charge is -2.09. The van der Waals surface area contributed by atoms with Crippen LogP contribution in [-0.4, -0.2) is 17.2 Å². The summed E-state index contributed by atoms with van der Waals surface area (Å²) in [7, 11) is 0. The van der Waals surface area contributed by atoms with Gasteiger partial charge in [0.15, 0.2) is 0 Å². The topological polar surface area (TPSA) is 70.9 Å². The van der Waals surface area contributed by atoms with Gasteiger partial charge in [-0.2, -0.15) is 5.10 Å². The zero-order chi connectivity index (χ0) is 19.9. The number of rotatable bonds is 6. The highest BCUT2D eigenvalue weighted by Crippen LogP contribution is 2.31. The molecule has 1 amide bonds. The maximum absolute atomic E-state index is 12.3. The number of phenols is 1. The van der Waals surface area contributed by atoms with E-state index < -0.39 is 5.91 Å². The molecule has 0 aliphatic heterocycles. The van der Waals surface area contributed by atoms with Crippen LogP contribution in [0.2, 0.25) is 0 Å². The first kappa shape index (κ1) is 20.1. The molecule has 0 bridgehead atoms. The van der Waals surface area contributed by atoms with E-state index in [2.05, 4.69) is 42.4 Å². The summed E-state index contributed by atoms with van der Waals surface area (Å²) in [5, 5.41) is 14.0. The van der Waals surface area contributed by atoms with Crippen molar-refractivity contribution in [2.75, 3.05) is 0 Å². The average molecular weight is 504 g/mol. The van der Waals surface area contributed by atoms with Crippen LogP contribution >= 0.6 is 31.9 Å². The van der Waals surface area contributed by atoms with Crippen molar-refractivity contribution < 1.29 is 14.6 Å². The summed E-state index contributed by atoms with van der Waals surface area (Å²) in [6, 6.07) is 20.4. The van der Waals surface area contributed by atoms with Gasteiger partial charge in [0.25, 0.3) is 5.91 Å². The number of ether oxygens (including phenoxy) is 1. The summed E-state index contributed by atoms with van der Waals surface area (Å²) in [4.78, 5) is 12.3. The number of hydrazone groups is 1. The van der Waals surface area contributed by atoms with Crippen LogP contribution in [0.15, 0.2) is 80.8 Å². The molecule has 142 valence electrons. The fourth-order valence-corrected chi connectivity index (χ4v) is 3.64. The van der Waals surface area contributed by atoms with E-state index in [1.54, 1.807) is 6.07 Å². The number of hydrogen-bond donors (Lipinski definition) is 2. The van der Waals surface area contributed by atoms with Crippen molar-refractivity contribution in [3.63, 3.8) is 0 Å². The Labute approximate surface area is 179 Å². The van der Waals surface area contributed by atoms with Crippen LogP contribution in [0.4, 0.5) is 0 Å². The number of halogens is 2. The minimum absolute atomic E-state index is 0.104. The Kier molecular flexibility index (Phi) is 6.84. The number of carbonyl (C=O) groups excluding carboxylic acids is 1. The zero-order valence-corrected chi connectivity index (χ0v) is 17.8. The molecule has 3 aromatic rings. The summed E-state index contributed by atoms with van der Waals surface area (Å²) >= 11 is 6.49. The van der Waals surface area contributed by atoms with Crippen molar-refractivity contribution in [3.8, 4) is 11.5 Å². The highest BCUT2D eigenvalue weighted by molar-refractivity contribution is 9.11. The molecule has 0 atom stereocenters. The largest absolute Gasteiger partial charge is 0.506 e. The molecule has 3 aromatic carbocycles. The summed E-state index contributed by atoms with van der Waals surface area (Å²) in [6.45, 7) is 0.429. The van der Waals surface area contributed by atoms with E-state index in [4.69, 9.17) is 4.74 Å². The Hall–Kier alpha value is -2.64. The van der Waals surface area contributed by atoms with Gasteiger partial charge in [-0.1, -0.05) is 58.4 Å². The lowest BCUT2D eigenvalue weighted by molar-refractivity contribution is 0.0952. The monoisotopic (exact) mass is 502 g/mol. The number of para-hydroxylation sites is 1. The van der Waals surface area contributed by atoms with Gasteiger partial charge in [0.2, 0.25) is 0 Å². The van der Waals surface area contributed by atoms with Crippen molar-refractivity contribution in [1.82, 2.24) is 5.43 Å². The smallest absolute Gasteiger partial charge is 0.275 e. The molecule has 0 aliphatic rings. The zero-order valence-electron chi connectivity index (χ0n) is 14.6. The molecule has 0 radical (unpaired) electrons. The Bertz CT molecular complexity index is 1010. The van der Waals surface area contributed by atoms with Crippen LogP contribution in [0, 0.1) is 0 Å². The fourth-order valence-electron chi connectivity index (χ4n) is 2.41. The van der Waals surface area contributed by atoms with Gasteiger partial charge < -0.3 is 9.84 Å².